The molecule has 8 heteroatoms. The van der Waals surface area contributed by atoms with Gasteiger partial charge in [0, 0.05) is 18.6 Å². The largest absolute Gasteiger partial charge is 0.462 e. The summed E-state index contributed by atoms with van der Waals surface area (Å²) in [5.41, 5.74) is -0.0777. The van der Waals surface area contributed by atoms with Gasteiger partial charge in [0.15, 0.2) is 0 Å². The zero-order valence-electron chi connectivity index (χ0n) is 10.5. The molecule has 4 unspecified atom stereocenters. The predicted octanol–water partition coefficient (Wildman–Crippen LogP) is -0.197. The normalized spacial score (nSPS) is 29.9. The molecule has 0 aromatic heterocycles. The van der Waals surface area contributed by atoms with E-state index in [1.54, 1.807) is 0 Å². The molecule has 1 aromatic carbocycles. The van der Waals surface area contributed by atoms with Gasteiger partial charge in [-0.05, 0) is 12.1 Å². The monoisotopic (exact) mass is 285 g/mol. The molecule has 20 heavy (non-hydrogen) atoms. The molecule has 1 saturated heterocycles. The van der Waals surface area contributed by atoms with Gasteiger partial charge in [-0.1, -0.05) is 0 Å². The quantitative estimate of drug-likeness (QED) is 0.517. The van der Waals surface area contributed by atoms with Crippen LogP contribution in [0.25, 0.3) is 0 Å². The van der Waals surface area contributed by atoms with Gasteiger partial charge < -0.3 is 24.8 Å². The number of ether oxygens (including phenoxy) is 2. The van der Waals surface area contributed by atoms with E-state index in [0.29, 0.717) is 0 Å². The first-order valence-corrected chi connectivity index (χ1v) is 6.05. The number of aliphatic hydroxyl groups excluding tert-OH is 3. The maximum Gasteiger partial charge on any atom is 0.269 e. The Balaban J connectivity index is 2.03. The molecule has 0 radical (unpaired) electrons. The molecular formula is C12H15NO7. The Labute approximate surface area is 114 Å². The van der Waals surface area contributed by atoms with E-state index in [4.69, 9.17) is 14.6 Å². The summed E-state index contributed by atoms with van der Waals surface area (Å²) in [6.07, 6.45) is -3.88. The smallest absolute Gasteiger partial charge is 0.269 e. The van der Waals surface area contributed by atoms with Crippen LogP contribution in [0.3, 0.4) is 0 Å². The molecule has 4 atom stereocenters. The number of non-ortho nitro benzene ring substituents is 1. The Morgan fingerprint density at radius 3 is 2.50 bits per heavy atom. The van der Waals surface area contributed by atoms with Crippen LogP contribution in [0.5, 0.6) is 5.75 Å². The van der Waals surface area contributed by atoms with Gasteiger partial charge >= 0.3 is 0 Å². The lowest BCUT2D eigenvalue weighted by Gasteiger charge is -2.36. The highest BCUT2D eigenvalue weighted by Crippen LogP contribution is 2.25. The van der Waals surface area contributed by atoms with Crippen molar-refractivity contribution < 1.29 is 29.7 Å². The lowest BCUT2D eigenvalue weighted by molar-refractivity contribution is -0.384. The Morgan fingerprint density at radius 2 is 1.95 bits per heavy atom. The van der Waals surface area contributed by atoms with Gasteiger partial charge in [-0.15, -0.1) is 0 Å². The van der Waals surface area contributed by atoms with Crippen LogP contribution in [0.4, 0.5) is 5.69 Å². The van der Waals surface area contributed by atoms with Gasteiger partial charge in [-0.3, -0.25) is 10.1 Å². The highest BCUT2D eigenvalue weighted by atomic mass is 16.7. The molecule has 110 valence electrons. The Kier molecular flexibility index (Phi) is 4.50. The maximum absolute atomic E-state index is 10.5. The number of hydrogen-bond donors (Lipinski definition) is 3. The second-order valence-corrected chi connectivity index (χ2v) is 4.46. The molecular weight excluding hydrogens is 270 g/mol. The summed E-state index contributed by atoms with van der Waals surface area (Å²) in [6, 6.07) is 5.30. The molecule has 0 spiro atoms. The third kappa shape index (κ3) is 3.23. The minimum absolute atomic E-state index is 0.0167. The highest BCUT2D eigenvalue weighted by Gasteiger charge is 2.37. The van der Waals surface area contributed by atoms with Crippen molar-refractivity contribution in [1.82, 2.24) is 0 Å². The van der Waals surface area contributed by atoms with Crippen LogP contribution < -0.4 is 4.74 Å². The number of nitro benzene ring substituents is 1. The summed E-state index contributed by atoms with van der Waals surface area (Å²) in [6.45, 7) is -0.395. The van der Waals surface area contributed by atoms with Crippen molar-refractivity contribution in [3.05, 3.63) is 34.4 Å². The minimum Gasteiger partial charge on any atom is -0.462 e. The molecule has 1 aliphatic rings. The van der Waals surface area contributed by atoms with Gasteiger partial charge in [0.05, 0.1) is 17.6 Å². The second-order valence-electron chi connectivity index (χ2n) is 4.46. The van der Waals surface area contributed by atoms with Crippen LogP contribution in [-0.2, 0) is 4.74 Å². The molecule has 0 amide bonds. The predicted molar refractivity (Wildman–Crippen MR) is 66.1 cm³/mol. The molecule has 2 rings (SSSR count). The standard InChI is InChI=1S/C12H15NO7/c14-6-11-9(15)5-10(16)12(20-11)19-8-3-1-7(2-4-8)13(17)18/h1-4,9-12,14-16H,5-6H2. The molecule has 1 aliphatic heterocycles. The minimum atomic E-state index is -1.05. The van der Waals surface area contributed by atoms with Gasteiger partial charge in [0.25, 0.3) is 5.69 Å². The van der Waals surface area contributed by atoms with E-state index < -0.39 is 36.1 Å². The van der Waals surface area contributed by atoms with E-state index in [9.17, 15) is 20.3 Å². The van der Waals surface area contributed by atoms with Gasteiger partial charge in [-0.25, -0.2) is 0 Å². The van der Waals surface area contributed by atoms with Crippen LogP contribution in [0.2, 0.25) is 0 Å². The zero-order chi connectivity index (χ0) is 14.7. The lowest BCUT2D eigenvalue weighted by Crippen LogP contribution is -2.50. The average molecular weight is 285 g/mol. The number of nitrogens with zero attached hydrogens (tertiary/aromatic N) is 1. The van der Waals surface area contributed by atoms with Crippen LogP contribution >= 0.6 is 0 Å². The average Bonchev–Trinajstić information content (AvgIpc) is 2.42. The van der Waals surface area contributed by atoms with E-state index in [2.05, 4.69) is 0 Å². The fourth-order valence-corrected chi connectivity index (χ4v) is 1.92. The molecule has 0 aliphatic carbocycles. The summed E-state index contributed by atoms with van der Waals surface area (Å²) in [5, 5.41) is 38.9. The van der Waals surface area contributed by atoms with Gasteiger partial charge in [0.1, 0.15) is 18.0 Å². The highest BCUT2D eigenvalue weighted by molar-refractivity contribution is 5.36. The van der Waals surface area contributed by atoms with Crippen LogP contribution in [-0.4, -0.2) is 51.5 Å². The number of aliphatic hydroxyl groups is 3. The van der Waals surface area contributed by atoms with Crippen molar-refractivity contribution in [3.8, 4) is 5.75 Å². The van der Waals surface area contributed by atoms with E-state index >= 15 is 0 Å². The third-order valence-electron chi connectivity index (χ3n) is 3.01. The molecule has 1 heterocycles. The van der Waals surface area contributed by atoms with Crippen molar-refractivity contribution in [2.45, 2.75) is 31.0 Å². The first-order chi connectivity index (χ1) is 9.51. The van der Waals surface area contributed by atoms with E-state index in [-0.39, 0.29) is 17.9 Å². The van der Waals surface area contributed by atoms with Crippen molar-refractivity contribution in [2.75, 3.05) is 6.61 Å². The van der Waals surface area contributed by atoms with Crippen LogP contribution in [0.1, 0.15) is 6.42 Å². The zero-order valence-corrected chi connectivity index (χ0v) is 10.5. The maximum atomic E-state index is 10.5. The van der Waals surface area contributed by atoms with Crippen molar-refractivity contribution in [2.24, 2.45) is 0 Å². The number of nitro groups is 1. The number of rotatable bonds is 4. The summed E-state index contributed by atoms with van der Waals surface area (Å²) < 4.78 is 10.6. The Morgan fingerprint density at radius 1 is 1.30 bits per heavy atom. The molecule has 3 N–H and O–H groups in total. The van der Waals surface area contributed by atoms with Crippen LogP contribution in [0.15, 0.2) is 24.3 Å². The van der Waals surface area contributed by atoms with Crippen molar-refractivity contribution in [3.63, 3.8) is 0 Å². The molecule has 0 bridgehead atoms. The summed E-state index contributed by atoms with van der Waals surface area (Å²) >= 11 is 0. The van der Waals surface area contributed by atoms with E-state index in [0.717, 1.165) is 0 Å². The Bertz CT molecular complexity index is 463. The molecule has 1 fully saturated rings. The topological polar surface area (TPSA) is 122 Å². The molecule has 0 saturated carbocycles. The first-order valence-electron chi connectivity index (χ1n) is 6.05. The molecule has 8 nitrogen and oxygen atoms in total. The summed E-state index contributed by atoms with van der Waals surface area (Å²) in [5.74, 6) is 0.285. The first kappa shape index (κ1) is 14.7. The fraction of sp³-hybridized carbons (Fsp3) is 0.500. The van der Waals surface area contributed by atoms with Crippen LogP contribution in [0, 0.1) is 10.1 Å². The Hall–Kier alpha value is -1.74. The summed E-state index contributed by atoms with van der Waals surface area (Å²) in [7, 11) is 0. The lowest BCUT2D eigenvalue weighted by atomic mass is 10.0. The van der Waals surface area contributed by atoms with Crippen molar-refractivity contribution >= 4 is 5.69 Å². The van der Waals surface area contributed by atoms with E-state index in [1.165, 1.54) is 24.3 Å². The van der Waals surface area contributed by atoms with Crippen molar-refractivity contribution in [1.29, 1.82) is 0 Å². The fourth-order valence-electron chi connectivity index (χ4n) is 1.92. The number of benzene rings is 1. The SMILES string of the molecule is O=[N+]([O-])c1ccc(OC2OC(CO)C(O)CC2O)cc1. The number of hydrogen-bond acceptors (Lipinski definition) is 7. The van der Waals surface area contributed by atoms with E-state index in [1.807, 2.05) is 0 Å². The summed E-state index contributed by atoms with van der Waals surface area (Å²) in [4.78, 5) is 9.98. The van der Waals surface area contributed by atoms with Gasteiger partial charge in [0.2, 0.25) is 6.29 Å². The second kappa shape index (κ2) is 6.14. The molecule has 1 aromatic rings. The third-order valence-corrected chi connectivity index (χ3v) is 3.01. The van der Waals surface area contributed by atoms with Gasteiger partial charge in [-0.2, -0.15) is 0 Å².